The van der Waals surface area contributed by atoms with Crippen LogP contribution < -0.4 is 0 Å². The smallest absolute Gasteiger partial charge is 0.348 e. The fourth-order valence-corrected chi connectivity index (χ4v) is 2.92. The third-order valence-electron chi connectivity index (χ3n) is 4.27. The third kappa shape index (κ3) is 6.11. The zero-order chi connectivity index (χ0) is 22.7. The number of non-ortho nitro benzene ring substituents is 1. The van der Waals surface area contributed by atoms with Crippen LogP contribution in [0.25, 0.3) is 0 Å². The van der Waals surface area contributed by atoms with Gasteiger partial charge in [-0.15, -0.1) is 6.58 Å². The van der Waals surface area contributed by atoms with Crippen LogP contribution in [-0.4, -0.2) is 47.1 Å². The van der Waals surface area contributed by atoms with Gasteiger partial charge >= 0.3 is 11.9 Å². The summed E-state index contributed by atoms with van der Waals surface area (Å²) in [5.41, 5.74) is -0.925. The van der Waals surface area contributed by atoms with E-state index in [0.717, 1.165) is 0 Å². The number of carbonyl (C=O) groups excluding carboxylic acids is 2. The lowest BCUT2D eigenvalue weighted by molar-refractivity contribution is -0.384. The molecule has 164 valence electrons. The maximum atomic E-state index is 12.9. The Morgan fingerprint density at radius 3 is 2.33 bits per heavy atom. The van der Waals surface area contributed by atoms with Crippen LogP contribution in [0.4, 0.5) is 5.69 Å². The summed E-state index contributed by atoms with van der Waals surface area (Å²) >= 11 is 0. The monoisotopic (exact) mass is 421 g/mol. The fraction of sp³-hybridized carbons (Fsp3) is 0.524. The van der Waals surface area contributed by atoms with Gasteiger partial charge in [-0.3, -0.25) is 10.1 Å². The zero-order valence-corrected chi connectivity index (χ0v) is 17.7. The SMILES string of the molecule is C=C[C@H]([C@@H]1COC(C)(C)O1)[C@@H](OC(=O)c1ccc([N+](=O)[O-])cc1)C(=O)OC(C)(C)C. The lowest BCUT2D eigenvalue weighted by Gasteiger charge is -2.30. The van der Waals surface area contributed by atoms with E-state index in [1.165, 1.54) is 30.3 Å². The van der Waals surface area contributed by atoms with Gasteiger partial charge < -0.3 is 18.9 Å². The number of ether oxygens (including phenoxy) is 4. The van der Waals surface area contributed by atoms with E-state index in [2.05, 4.69) is 6.58 Å². The molecule has 1 aromatic carbocycles. The van der Waals surface area contributed by atoms with E-state index in [9.17, 15) is 19.7 Å². The third-order valence-corrected chi connectivity index (χ3v) is 4.27. The first-order valence-electron chi connectivity index (χ1n) is 9.45. The summed E-state index contributed by atoms with van der Waals surface area (Å²) in [6.07, 6.45) is -0.459. The largest absolute Gasteiger partial charge is 0.457 e. The van der Waals surface area contributed by atoms with Crippen LogP contribution in [0.15, 0.2) is 36.9 Å². The van der Waals surface area contributed by atoms with Crippen LogP contribution in [-0.2, 0) is 23.7 Å². The van der Waals surface area contributed by atoms with Crippen molar-refractivity contribution in [3.8, 4) is 0 Å². The summed E-state index contributed by atoms with van der Waals surface area (Å²) in [7, 11) is 0. The molecule has 0 aliphatic carbocycles. The minimum atomic E-state index is -1.34. The number of carbonyl (C=O) groups is 2. The predicted molar refractivity (Wildman–Crippen MR) is 107 cm³/mol. The van der Waals surface area contributed by atoms with Crippen molar-refractivity contribution in [1.29, 1.82) is 0 Å². The maximum Gasteiger partial charge on any atom is 0.348 e. The first-order chi connectivity index (χ1) is 13.8. The number of esters is 2. The molecule has 0 aromatic heterocycles. The average Bonchev–Trinajstić information content (AvgIpc) is 2.99. The van der Waals surface area contributed by atoms with E-state index in [1.54, 1.807) is 34.6 Å². The van der Waals surface area contributed by atoms with Gasteiger partial charge in [0.05, 0.1) is 29.1 Å². The Kier molecular flexibility index (Phi) is 6.99. The van der Waals surface area contributed by atoms with Gasteiger partial charge in [0.2, 0.25) is 6.10 Å². The lowest BCUT2D eigenvalue weighted by atomic mass is 9.95. The molecule has 0 saturated carbocycles. The number of nitro benzene ring substituents is 1. The molecule has 0 radical (unpaired) electrons. The Balaban J connectivity index is 2.28. The minimum absolute atomic E-state index is 0.0564. The van der Waals surface area contributed by atoms with Gasteiger partial charge in [0, 0.05) is 12.1 Å². The van der Waals surface area contributed by atoms with Gasteiger partial charge in [0.15, 0.2) is 5.79 Å². The highest BCUT2D eigenvalue weighted by molar-refractivity contribution is 5.91. The summed E-state index contributed by atoms with van der Waals surface area (Å²) < 4.78 is 22.3. The molecule has 30 heavy (non-hydrogen) atoms. The van der Waals surface area contributed by atoms with E-state index < -0.39 is 46.4 Å². The molecule has 0 spiro atoms. The molecule has 1 fully saturated rings. The molecule has 9 nitrogen and oxygen atoms in total. The second-order valence-electron chi connectivity index (χ2n) is 8.34. The minimum Gasteiger partial charge on any atom is -0.457 e. The molecule has 1 aliphatic heterocycles. The van der Waals surface area contributed by atoms with Crippen molar-refractivity contribution in [1.82, 2.24) is 0 Å². The normalized spacial score (nSPS) is 20.1. The van der Waals surface area contributed by atoms with Crippen LogP contribution in [0.2, 0.25) is 0 Å². The number of hydrogen-bond donors (Lipinski definition) is 0. The molecule has 2 rings (SSSR count). The molecule has 9 heteroatoms. The number of rotatable bonds is 7. The highest BCUT2D eigenvalue weighted by Crippen LogP contribution is 2.31. The van der Waals surface area contributed by atoms with Crippen LogP contribution in [0.5, 0.6) is 0 Å². The molecule has 1 saturated heterocycles. The molecule has 0 N–H and O–H groups in total. The fourth-order valence-electron chi connectivity index (χ4n) is 2.92. The summed E-state index contributed by atoms with van der Waals surface area (Å²) in [5, 5.41) is 10.8. The molecule has 0 unspecified atom stereocenters. The van der Waals surface area contributed by atoms with Crippen molar-refractivity contribution in [3.63, 3.8) is 0 Å². The maximum absolute atomic E-state index is 12.9. The Hall–Kier alpha value is -2.78. The highest BCUT2D eigenvalue weighted by atomic mass is 16.7. The first-order valence-corrected chi connectivity index (χ1v) is 9.45. The van der Waals surface area contributed by atoms with Gasteiger partial charge in [-0.1, -0.05) is 6.08 Å². The van der Waals surface area contributed by atoms with Crippen molar-refractivity contribution >= 4 is 17.6 Å². The highest BCUT2D eigenvalue weighted by Gasteiger charge is 2.44. The van der Waals surface area contributed by atoms with Crippen LogP contribution >= 0.6 is 0 Å². The predicted octanol–water partition coefficient (Wildman–Crippen LogP) is 3.42. The second-order valence-corrected chi connectivity index (χ2v) is 8.34. The summed E-state index contributed by atoms with van der Waals surface area (Å²) in [4.78, 5) is 35.7. The van der Waals surface area contributed by atoms with Gasteiger partial charge in [-0.2, -0.15) is 0 Å². The molecular formula is C21H27NO8. The van der Waals surface area contributed by atoms with Crippen molar-refractivity contribution in [2.75, 3.05) is 6.61 Å². The van der Waals surface area contributed by atoms with Crippen molar-refractivity contribution < 1.29 is 33.5 Å². The molecule has 0 bridgehead atoms. The van der Waals surface area contributed by atoms with Crippen LogP contribution in [0, 0.1) is 16.0 Å². The van der Waals surface area contributed by atoms with E-state index in [0.29, 0.717) is 0 Å². The van der Waals surface area contributed by atoms with Crippen LogP contribution in [0.1, 0.15) is 45.0 Å². The van der Waals surface area contributed by atoms with Crippen molar-refractivity contribution in [2.24, 2.45) is 5.92 Å². The number of nitro groups is 1. The van der Waals surface area contributed by atoms with E-state index in [-0.39, 0.29) is 17.9 Å². The topological polar surface area (TPSA) is 114 Å². The molecule has 0 amide bonds. The van der Waals surface area contributed by atoms with Gasteiger partial charge in [-0.25, -0.2) is 9.59 Å². The van der Waals surface area contributed by atoms with Crippen molar-refractivity contribution in [3.05, 3.63) is 52.6 Å². The standard InChI is InChI=1S/C21H27NO8/c1-7-15(16-12-27-21(5,6)29-16)17(19(24)30-20(2,3)4)28-18(23)13-8-10-14(11-9-13)22(25)26/h7-11,15-17H,1,12H2,2-6H3/t15-,16+,17-/m1/s1. The zero-order valence-electron chi connectivity index (χ0n) is 17.7. The van der Waals surface area contributed by atoms with Gasteiger partial charge in [0.25, 0.3) is 5.69 Å². The summed E-state index contributed by atoms with van der Waals surface area (Å²) in [6, 6.07) is 4.88. The molecular weight excluding hydrogens is 394 g/mol. The second kappa shape index (κ2) is 8.93. The number of benzene rings is 1. The van der Waals surface area contributed by atoms with E-state index in [1.807, 2.05) is 0 Å². The molecule has 1 aliphatic rings. The summed E-state index contributed by atoms with van der Waals surface area (Å²) in [5.74, 6) is -3.17. The average molecular weight is 421 g/mol. The van der Waals surface area contributed by atoms with E-state index >= 15 is 0 Å². The lowest BCUT2D eigenvalue weighted by Crippen LogP contribution is -2.44. The number of nitrogens with zero attached hydrogens (tertiary/aromatic N) is 1. The van der Waals surface area contributed by atoms with Gasteiger partial charge in [-0.05, 0) is 46.8 Å². The Morgan fingerprint density at radius 2 is 1.90 bits per heavy atom. The Bertz CT molecular complexity index is 809. The molecule has 1 aromatic rings. The van der Waals surface area contributed by atoms with Crippen LogP contribution in [0.3, 0.4) is 0 Å². The number of hydrogen-bond acceptors (Lipinski definition) is 8. The Labute approximate surface area is 175 Å². The van der Waals surface area contributed by atoms with Gasteiger partial charge in [0.1, 0.15) is 5.60 Å². The summed E-state index contributed by atoms with van der Waals surface area (Å²) in [6.45, 7) is 12.5. The Morgan fingerprint density at radius 1 is 1.30 bits per heavy atom. The quantitative estimate of drug-likeness (QED) is 0.285. The molecule has 1 heterocycles. The van der Waals surface area contributed by atoms with Crippen molar-refractivity contribution in [2.45, 2.75) is 58.2 Å². The molecule has 3 atom stereocenters. The van der Waals surface area contributed by atoms with E-state index in [4.69, 9.17) is 18.9 Å². The first kappa shape index (κ1) is 23.5.